The topological polar surface area (TPSA) is 113 Å². The molecule has 100 valence electrons. The molecule has 0 aliphatic carbocycles. The molecule has 0 aromatic carbocycles. The molecule has 0 spiro atoms. The molecule has 1 aliphatic heterocycles. The number of aryl methyl sites for hydroxylation is 1. The van der Waals surface area contributed by atoms with Crippen LogP contribution in [0.1, 0.15) is 18.7 Å². The second-order valence-electron chi connectivity index (χ2n) is 4.09. The summed E-state index contributed by atoms with van der Waals surface area (Å²) >= 11 is 0. The van der Waals surface area contributed by atoms with E-state index in [-0.39, 0.29) is 12.3 Å². The van der Waals surface area contributed by atoms with Crippen LogP contribution in [-0.2, 0) is 9.59 Å². The number of amides is 4. The fraction of sp³-hybridized carbons (Fsp3) is 0.364. The van der Waals surface area contributed by atoms with Gasteiger partial charge in [0.2, 0.25) is 11.8 Å². The van der Waals surface area contributed by atoms with Gasteiger partial charge in [-0.25, -0.2) is 14.8 Å². The Bertz CT molecular complexity index is 531. The molecule has 1 saturated heterocycles. The lowest BCUT2D eigenvalue weighted by Gasteiger charge is -2.21. The summed E-state index contributed by atoms with van der Waals surface area (Å²) in [4.78, 5) is 42.0. The zero-order valence-corrected chi connectivity index (χ0v) is 10.3. The van der Waals surface area contributed by atoms with Crippen molar-refractivity contribution in [3.05, 3.63) is 18.1 Å². The highest BCUT2D eigenvalue weighted by Crippen LogP contribution is 2.05. The minimum Gasteiger partial charge on any atom is -0.326 e. The van der Waals surface area contributed by atoms with Crippen molar-refractivity contribution in [3.63, 3.8) is 0 Å². The summed E-state index contributed by atoms with van der Waals surface area (Å²) < 4.78 is 0. The van der Waals surface area contributed by atoms with E-state index in [2.05, 4.69) is 25.9 Å². The molecule has 2 rings (SSSR count). The van der Waals surface area contributed by atoms with Gasteiger partial charge in [0.1, 0.15) is 17.7 Å². The third-order valence-electron chi connectivity index (χ3n) is 2.56. The quantitative estimate of drug-likeness (QED) is 0.635. The predicted molar refractivity (Wildman–Crippen MR) is 65.1 cm³/mol. The average molecular weight is 263 g/mol. The number of hydrogen-bond donors (Lipinski definition) is 3. The van der Waals surface area contributed by atoms with E-state index in [0.717, 1.165) is 0 Å². The Morgan fingerprint density at radius 3 is 2.95 bits per heavy atom. The number of nitrogens with zero attached hydrogens (tertiary/aromatic N) is 2. The maximum atomic E-state index is 11.7. The van der Waals surface area contributed by atoms with E-state index in [1.165, 1.54) is 12.3 Å². The Labute approximate surface area is 109 Å². The van der Waals surface area contributed by atoms with Crippen LogP contribution >= 0.6 is 0 Å². The number of anilines is 1. The fourth-order valence-corrected chi connectivity index (χ4v) is 1.67. The Hall–Kier alpha value is -2.51. The van der Waals surface area contributed by atoms with Crippen LogP contribution in [-0.4, -0.2) is 33.9 Å². The Morgan fingerprint density at radius 1 is 1.47 bits per heavy atom. The van der Waals surface area contributed by atoms with Crippen LogP contribution in [0.3, 0.4) is 0 Å². The molecule has 1 atom stereocenters. The summed E-state index contributed by atoms with van der Waals surface area (Å²) in [7, 11) is 0. The number of piperidine rings is 1. The van der Waals surface area contributed by atoms with Crippen molar-refractivity contribution in [1.29, 1.82) is 0 Å². The van der Waals surface area contributed by atoms with Gasteiger partial charge in [0.15, 0.2) is 0 Å². The molecule has 0 bridgehead atoms. The number of hydrogen-bond acceptors (Lipinski definition) is 5. The zero-order valence-electron chi connectivity index (χ0n) is 10.3. The van der Waals surface area contributed by atoms with E-state index >= 15 is 0 Å². The molecule has 8 heteroatoms. The van der Waals surface area contributed by atoms with Gasteiger partial charge in [0.05, 0.1) is 0 Å². The number of nitrogens with one attached hydrogen (secondary N) is 3. The second-order valence-corrected chi connectivity index (χ2v) is 4.09. The number of carbonyl (C=O) groups excluding carboxylic acids is 3. The van der Waals surface area contributed by atoms with E-state index in [9.17, 15) is 14.4 Å². The molecule has 4 amide bonds. The van der Waals surface area contributed by atoms with Gasteiger partial charge in [-0.15, -0.1) is 0 Å². The molecule has 19 heavy (non-hydrogen) atoms. The zero-order chi connectivity index (χ0) is 13.8. The van der Waals surface area contributed by atoms with Gasteiger partial charge in [-0.2, -0.15) is 0 Å². The number of imide groups is 1. The average Bonchev–Trinajstić information content (AvgIpc) is 2.33. The van der Waals surface area contributed by atoms with Gasteiger partial charge < -0.3 is 5.32 Å². The molecule has 1 aromatic heterocycles. The highest BCUT2D eigenvalue weighted by atomic mass is 16.2. The van der Waals surface area contributed by atoms with Crippen LogP contribution in [0, 0.1) is 6.92 Å². The first-order chi connectivity index (χ1) is 9.04. The number of carbonyl (C=O) groups is 3. The lowest BCUT2D eigenvalue weighted by molar-refractivity contribution is -0.134. The first-order valence-corrected chi connectivity index (χ1v) is 5.75. The second kappa shape index (κ2) is 5.42. The third kappa shape index (κ3) is 3.47. The van der Waals surface area contributed by atoms with Crippen molar-refractivity contribution < 1.29 is 14.4 Å². The summed E-state index contributed by atoms with van der Waals surface area (Å²) in [6, 6.07) is 0.282. The Morgan fingerprint density at radius 2 is 2.26 bits per heavy atom. The fourth-order valence-electron chi connectivity index (χ4n) is 1.67. The van der Waals surface area contributed by atoms with E-state index in [1.54, 1.807) is 6.92 Å². The van der Waals surface area contributed by atoms with E-state index in [4.69, 9.17) is 0 Å². The normalized spacial score (nSPS) is 18.7. The van der Waals surface area contributed by atoms with Crippen molar-refractivity contribution in [2.75, 3.05) is 5.32 Å². The summed E-state index contributed by atoms with van der Waals surface area (Å²) in [6.07, 6.45) is 2.02. The molecule has 1 unspecified atom stereocenters. The van der Waals surface area contributed by atoms with Crippen LogP contribution in [0.5, 0.6) is 0 Å². The first kappa shape index (κ1) is 12.9. The molecular formula is C11H13N5O3. The summed E-state index contributed by atoms with van der Waals surface area (Å²) in [5, 5.41) is 7.14. The highest BCUT2D eigenvalue weighted by molar-refractivity contribution is 6.02. The van der Waals surface area contributed by atoms with Crippen molar-refractivity contribution in [3.8, 4) is 0 Å². The molecule has 1 aliphatic rings. The van der Waals surface area contributed by atoms with Crippen LogP contribution in [0.2, 0.25) is 0 Å². The minimum absolute atomic E-state index is 0.212. The van der Waals surface area contributed by atoms with Gasteiger partial charge in [-0.3, -0.25) is 20.2 Å². The molecule has 0 saturated carbocycles. The molecule has 1 aromatic rings. The van der Waals surface area contributed by atoms with Crippen molar-refractivity contribution >= 4 is 23.7 Å². The number of aromatic nitrogens is 2. The van der Waals surface area contributed by atoms with Gasteiger partial charge >= 0.3 is 6.03 Å². The third-order valence-corrected chi connectivity index (χ3v) is 2.56. The van der Waals surface area contributed by atoms with E-state index in [0.29, 0.717) is 18.1 Å². The SMILES string of the molecule is Cc1nccc(NC(=O)NC2CCC(=O)NC2=O)n1. The van der Waals surface area contributed by atoms with Crippen molar-refractivity contribution in [2.24, 2.45) is 0 Å². The smallest absolute Gasteiger partial charge is 0.321 e. The number of rotatable bonds is 2. The lowest BCUT2D eigenvalue weighted by Crippen LogP contribution is -2.53. The van der Waals surface area contributed by atoms with Crippen molar-refractivity contribution in [1.82, 2.24) is 20.6 Å². The van der Waals surface area contributed by atoms with Gasteiger partial charge in [-0.05, 0) is 19.4 Å². The van der Waals surface area contributed by atoms with E-state index in [1.807, 2.05) is 0 Å². The molecule has 2 heterocycles. The van der Waals surface area contributed by atoms with Crippen LogP contribution in [0.4, 0.5) is 10.6 Å². The van der Waals surface area contributed by atoms with Crippen LogP contribution in [0.15, 0.2) is 12.3 Å². The first-order valence-electron chi connectivity index (χ1n) is 5.75. The molecule has 3 N–H and O–H groups in total. The minimum atomic E-state index is -0.708. The van der Waals surface area contributed by atoms with E-state index < -0.39 is 18.0 Å². The molecule has 1 fully saturated rings. The Balaban J connectivity index is 1.91. The van der Waals surface area contributed by atoms with Gasteiger partial charge in [0.25, 0.3) is 0 Å². The molecular weight excluding hydrogens is 250 g/mol. The summed E-state index contributed by atoms with van der Waals surface area (Å²) in [6.45, 7) is 1.70. The largest absolute Gasteiger partial charge is 0.326 e. The lowest BCUT2D eigenvalue weighted by atomic mass is 10.1. The van der Waals surface area contributed by atoms with Gasteiger partial charge in [0, 0.05) is 12.6 Å². The molecule has 0 radical (unpaired) electrons. The summed E-state index contributed by atoms with van der Waals surface area (Å²) in [5.74, 6) is 0.0521. The summed E-state index contributed by atoms with van der Waals surface area (Å²) in [5.41, 5.74) is 0. The van der Waals surface area contributed by atoms with Crippen LogP contribution < -0.4 is 16.0 Å². The number of urea groups is 1. The maximum absolute atomic E-state index is 11.7. The highest BCUT2D eigenvalue weighted by Gasteiger charge is 2.27. The van der Waals surface area contributed by atoms with Gasteiger partial charge in [-0.1, -0.05) is 0 Å². The Kier molecular flexibility index (Phi) is 3.69. The maximum Gasteiger partial charge on any atom is 0.321 e. The standard InChI is InChI=1S/C11H13N5O3/c1-6-12-5-4-8(13-6)15-11(19)14-7-2-3-9(17)16-10(7)18/h4-5,7H,2-3H2,1H3,(H,16,17,18)(H2,12,13,14,15,19). The van der Waals surface area contributed by atoms with Crippen LogP contribution in [0.25, 0.3) is 0 Å². The monoisotopic (exact) mass is 263 g/mol. The molecule has 8 nitrogen and oxygen atoms in total. The predicted octanol–water partition coefficient (Wildman–Crippen LogP) is -0.288. The van der Waals surface area contributed by atoms with Crippen molar-refractivity contribution in [2.45, 2.75) is 25.8 Å².